The second-order valence-electron chi connectivity index (χ2n) is 5.90. The molecular weight excluding hydrogens is 295 g/mol. The number of carbonyl (C=O) groups is 1. The maximum atomic E-state index is 13.1. The molecule has 0 heterocycles. The third-order valence-electron chi connectivity index (χ3n) is 3.23. The minimum atomic E-state index is -0.583. The second-order valence-corrected chi connectivity index (χ2v) is 6.30. The molecule has 0 saturated heterocycles. The summed E-state index contributed by atoms with van der Waals surface area (Å²) in [4.78, 5) is 13.3. The van der Waals surface area contributed by atoms with Crippen LogP contribution >= 0.6 is 11.6 Å². The lowest BCUT2D eigenvalue weighted by atomic mass is 9.84. The highest BCUT2D eigenvalue weighted by Gasteiger charge is 2.25. The fraction of sp³-hybridized carbons (Fsp3) is 0.533. The Balaban J connectivity index is 2.70. The summed E-state index contributed by atoms with van der Waals surface area (Å²) in [5.41, 5.74) is 0.329. The Morgan fingerprint density at radius 3 is 2.67 bits per heavy atom. The number of urea groups is 1. The lowest BCUT2D eigenvalue weighted by molar-refractivity contribution is 0.143. The second kappa shape index (κ2) is 7.09. The molecule has 1 unspecified atom stereocenters. The lowest BCUT2D eigenvalue weighted by Gasteiger charge is -2.28. The predicted molar refractivity (Wildman–Crippen MR) is 82.1 cm³/mol. The maximum Gasteiger partial charge on any atom is 0.317 e. The first-order chi connectivity index (χ1) is 9.63. The molecule has 21 heavy (non-hydrogen) atoms. The number of aliphatic hydroxyl groups is 1. The molecule has 2 amide bonds. The van der Waals surface area contributed by atoms with Gasteiger partial charge in [-0.2, -0.15) is 0 Å². The summed E-state index contributed by atoms with van der Waals surface area (Å²) in [5.74, 6) is -0.389. The summed E-state index contributed by atoms with van der Waals surface area (Å²) in [7, 11) is 1.61. The number of nitrogens with one attached hydrogen (secondary N) is 1. The molecule has 0 radical (unpaired) electrons. The van der Waals surface area contributed by atoms with E-state index in [1.54, 1.807) is 20.0 Å². The average Bonchev–Trinajstić information content (AvgIpc) is 2.34. The Morgan fingerprint density at radius 2 is 2.14 bits per heavy atom. The van der Waals surface area contributed by atoms with Crippen molar-refractivity contribution in [2.45, 2.75) is 32.3 Å². The van der Waals surface area contributed by atoms with Gasteiger partial charge in [-0.25, -0.2) is 9.18 Å². The summed E-state index contributed by atoms with van der Waals surface area (Å²) in [6.45, 7) is 6.05. The van der Waals surface area contributed by atoms with Crippen molar-refractivity contribution in [2.75, 3.05) is 20.1 Å². The van der Waals surface area contributed by atoms with E-state index < -0.39 is 11.5 Å². The molecule has 1 aromatic rings. The lowest BCUT2D eigenvalue weighted by Crippen LogP contribution is -2.45. The fourth-order valence-corrected chi connectivity index (χ4v) is 2.47. The Hall–Kier alpha value is -1.33. The Kier molecular flexibility index (Phi) is 5.98. The van der Waals surface area contributed by atoms with Gasteiger partial charge in [0.05, 0.1) is 6.10 Å². The van der Waals surface area contributed by atoms with E-state index in [-0.39, 0.29) is 18.4 Å². The topological polar surface area (TPSA) is 52.6 Å². The fourth-order valence-electron chi connectivity index (χ4n) is 2.04. The highest BCUT2D eigenvalue weighted by molar-refractivity contribution is 6.31. The molecule has 0 bridgehead atoms. The van der Waals surface area contributed by atoms with Crippen LogP contribution in [0.3, 0.4) is 0 Å². The van der Waals surface area contributed by atoms with Crippen molar-refractivity contribution < 1.29 is 14.3 Å². The average molecular weight is 317 g/mol. The van der Waals surface area contributed by atoms with Crippen molar-refractivity contribution in [3.63, 3.8) is 0 Å². The molecule has 1 atom stereocenters. The van der Waals surface area contributed by atoms with E-state index in [0.717, 1.165) is 5.56 Å². The molecule has 0 saturated carbocycles. The van der Waals surface area contributed by atoms with Crippen LogP contribution in [0.15, 0.2) is 18.2 Å². The van der Waals surface area contributed by atoms with E-state index in [1.165, 1.54) is 17.0 Å². The summed E-state index contributed by atoms with van der Waals surface area (Å²) in [5, 5.41) is 12.4. The predicted octanol–water partition coefficient (Wildman–Crippen LogP) is 2.78. The standard InChI is InChI=1S/C15H22ClFN2O2/c1-10(20)8-19(4)14(21)18-9-15(2,3)12-6-5-11(17)7-13(12)16/h5-7,10,20H,8-9H2,1-4H3,(H,18,21). The van der Waals surface area contributed by atoms with Crippen LogP contribution in [-0.4, -0.2) is 42.3 Å². The van der Waals surface area contributed by atoms with Crippen molar-refractivity contribution in [1.29, 1.82) is 0 Å². The van der Waals surface area contributed by atoms with Gasteiger partial charge in [-0.15, -0.1) is 0 Å². The number of aliphatic hydroxyl groups excluding tert-OH is 1. The molecule has 2 N–H and O–H groups in total. The SMILES string of the molecule is CC(O)CN(C)C(=O)NCC(C)(C)c1ccc(F)cc1Cl. The van der Waals surface area contributed by atoms with Crippen molar-refractivity contribution in [3.8, 4) is 0 Å². The minimum Gasteiger partial charge on any atom is -0.392 e. The van der Waals surface area contributed by atoms with E-state index in [0.29, 0.717) is 11.6 Å². The number of nitrogens with zero attached hydrogens (tertiary/aromatic N) is 1. The number of amides is 2. The highest BCUT2D eigenvalue weighted by Crippen LogP contribution is 2.29. The van der Waals surface area contributed by atoms with Crippen LogP contribution in [0.1, 0.15) is 26.3 Å². The first kappa shape index (κ1) is 17.7. The Labute approximate surface area is 129 Å². The largest absolute Gasteiger partial charge is 0.392 e. The van der Waals surface area contributed by atoms with E-state index in [4.69, 9.17) is 11.6 Å². The number of carbonyl (C=O) groups excluding carboxylic acids is 1. The van der Waals surface area contributed by atoms with Crippen molar-refractivity contribution in [2.24, 2.45) is 0 Å². The van der Waals surface area contributed by atoms with Crippen molar-refractivity contribution >= 4 is 17.6 Å². The molecule has 4 nitrogen and oxygen atoms in total. The van der Waals surface area contributed by atoms with Gasteiger partial charge in [0.2, 0.25) is 0 Å². The highest BCUT2D eigenvalue weighted by atomic mass is 35.5. The monoisotopic (exact) mass is 316 g/mol. The molecule has 6 heteroatoms. The minimum absolute atomic E-state index is 0.254. The van der Waals surface area contributed by atoms with Gasteiger partial charge in [-0.1, -0.05) is 31.5 Å². The zero-order valence-electron chi connectivity index (χ0n) is 12.8. The molecule has 0 spiro atoms. The van der Waals surface area contributed by atoms with Gasteiger partial charge in [0.15, 0.2) is 0 Å². The molecule has 0 fully saturated rings. The zero-order valence-corrected chi connectivity index (χ0v) is 13.5. The van der Waals surface area contributed by atoms with Crippen LogP contribution in [0.25, 0.3) is 0 Å². The normalized spacial score (nSPS) is 12.9. The first-order valence-corrected chi connectivity index (χ1v) is 7.14. The van der Waals surface area contributed by atoms with Crippen LogP contribution in [0.4, 0.5) is 9.18 Å². The molecule has 0 aliphatic carbocycles. The van der Waals surface area contributed by atoms with Gasteiger partial charge >= 0.3 is 6.03 Å². The van der Waals surface area contributed by atoms with Gasteiger partial charge in [0.25, 0.3) is 0 Å². The number of benzene rings is 1. The number of hydrogen-bond donors (Lipinski definition) is 2. The molecular formula is C15H22ClFN2O2. The quantitative estimate of drug-likeness (QED) is 0.877. The van der Waals surface area contributed by atoms with Gasteiger partial charge in [0, 0.05) is 30.6 Å². The van der Waals surface area contributed by atoms with Crippen LogP contribution in [-0.2, 0) is 5.41 Å². The van der Waals surface area contributed by atoms with Crippen LogP contribution in [0.2, 0.25) is 5.02 Å². The first-order valence-electron chi connectivity index (χ1n) is 6.76. The number of hydrogen-bond acceptors (Lipinski definition) is 2. The van der Waals surface area contributed by atoms with Gasteiger partial charge in [-0.05, 0) is 24.6 Å². The van der Waals surface area contributed by atoms with Gasteiger partial charge in [-0.3, -0.25) is 0 Å². The summed E-state index contributed by atoms with van der Waals surface area (Å²) in [6, 6.07) is 3.97. The van der Waals surface area contributed by atoms with Crippen LogP contribution in [0, 0.1) is 5.82 Å². The van der Waals surface area contributed by atoms with Crippen molar-refractivity contribution in [1.82, 2.24) is 10.2 Å². The number of likely N-dealkylation sites (N-methyl/N-ethyl adjacent to an activating group) is 1. The molecule has 1 rings (SSSR count). The third kappa shape index (κ3) is 5.17. The maximum absolute atomic E-state index is 13.1. The molecule has 0 aliphatic rings. The molecule has 0 aromatic heterocycles. The van der Waals surface area contributed by atoms with Crippen LogP contribution in [0.5, 0.6) is 0 Å². The van der Waals surface area contributed by atoms with E-state index in [2.05, 4.69) is 5.32 Å². The van der Waals surface area contributed by atoms with E-state index in [9.17, 15) is 14.3 Å². The molecule has 0 aliphatic heterocycles. The smallest absolute Gasteiger partial charge is 0.317 e. The van der Waals surface area contributed by atoms with Gasteiger partial charge < -0.3 is 15.3 Å². The number of halogens is 2. The van der Waals surface area contributed by atoms with Crippen molar-refractivity contribution in [3.05, 3.63) is 34.6 Å². The molecule has 118 valence electrons. The third-order valence-corrected chi connectivity index (χ3v) is 3.54. The number of rotatable bonds is 5. The summed E-state index contributed by atoms with van der Waals surface area (Å²) in [6.07, 6.45) is -0.583. The van der Waals surface area contributed by atoms with E-state index >= 15 is 0 Å². The molecule has 1 aromatic carbocycles. The van der Waals surface area contributed by atoms with Gasteiger partial charge in [0.1, 0.15) is 5.82 Å². The Bertz CT molecular complexity index is 506. The van der Waals surface area contributed by atoms with Crippen LogP contribution < -0.4 is 5.32 Å². The zero-order chi connectivity index (χ0) is 16.2. The summed E-state index contributed by atoms with van der Waals surface area (Å²) < 4.78 is 13.1. The summed E-state index contributed by atoms with van der Waals surface area (Å²) >= 11 is 6.06. The Morgan fingerprint density at radius 1 is 1.52 bits per heavy atom. The van der Waals surface area contributed by atoms with E-state index in [1.807, 2.05) is 13.8 Å².